The lowest BCUT2D eigenvalue weighted by Crippen LogP contribution is -1.93. The summed E-state index contributed by atoms with van der Waals surface area (Å²) in [5.74, 6) is 1.49. The standard InChI is InChI=1S/C11H13NO2/c1-14-10-5-4-9(7-12-13)11(6-10)8-2-3-8/h4-8,13H,2-3H2,1H3. The van der Waals surface area contributed by atoms with Gasteiger partial charge in [0.05, 0.1) is 13.3 Å². The number of methoxy groups -OCH3 is 1. The van der Waals surface area contributed by atoms with Crippen LogP contribution < -0.4 is 4.74 Å². The Hall–Kier alpha value is -1.51. The fraction of sp³-hybridized carbons (Fsp3) is 0.364. The molecule has 2 rings (SSSR count). The van der Waals surface area contributed by atoms with Crippen LogP contribution in [-0.2, 0) is 0 Å². The molecule has 0 heterocycles. The zero-order valence-corrected chi connectivity index (χ0v) is 8.10. The Morgan fingerprint density at radius 1 is 1.50 bits per heavy atom. The summed E-state index contributed by atoms with van der Waals surface area (Å²) in [6.07, 6.45) is 3.92. The van der Waals surface area contributed by atoms with Crippen molar-refractivity contribution in [2.45, 2.75) is 18.8 Å². The smallest absolute Gasteiger partial charge is 0.119 e. The summed E-state index contributed by atoms with van der Waals surface area (Å²) in [6, 6.07) is 5.82. The number of oxime groups is 1. The van der Waals surface area contributed by atoms with Crippen molar-refractivity contribution in [3.63, 3.8) is 0 Å². The minimum Gasteiger partial charge on any atom is -0.497 e. The van der Waals surface area contributed by atoms with Crippen LogP contribution in [0.2, 0.25) is 0 Å². The van der Waals surface area contributed by atoms with Crippen LogP contribution in [0.25, 0.3) is 0 Å². The number of hydrogen-bond donors (Lipinski definition) is 1. The topological polar surface area (TPSA) is 41.8 Å². The molecule has 1 aromatic rings. The van der Waals surface area contributed by atoms with E-state index < -0.39 is 0 Å². The van der Waals surface area contributed by atoms with Gasteiger partial charge in [-0.2, -0.15) is 0 Å². The summed E-state index contributed by atoms with van der Waals surface area (Å²) in [7, 11) is 1.66. The van der Waals surface area contributed by atoms with Crippen molar-refractivity contribution in [3.05, 3.63) is 29.3 Å². The van der Waals surface area contributed by atoms with Crippen molar-refractivity contribution >= 4 is 6.21 Å². The van der Waals surface area contributed by atoms with Gasteiger partial charge in [0.25, 0.3) is 0 Å². The predicted molar refractivity (Wildman–Crippen MR) is 54.3 cm³/mol. The number of ether oxygens (including phenoxy) is 1. The monoisotopic (exact) mass is 191 g/mol. The van der Waals surface area contributed by atoms with E-state index in [4.69, 9.17) is 9.94 Å². The highest BCUT2D eigenvalue weighted by Gasteiger charge is 2.26. The minimum absolute atomic E-state index is 0.623. The molecular weight excluding hydrogens is 178 g/mol. The average Bonchev–Trinajstić information content (AvgIpc) is 3.02. The van der Waals surface area contributed by atoms with E-state index in [1.807, 2.05) is 18.2 Å². The van der Waals surface area contributed by atoms with Gasteiger partial charge in [-0.1, -0.05) is 5.16 Å². The van der Waals surface area contributed by atoms with E-state index in [0.717, 1.165) is 11.3 Å². The molecule has 0 unspecified atom stereocenters. The lowest BCUT2D eigenvalue weighted by atomic mass is 10.0. The maximum absolute atomic E-state index is 8.51. The lowest BCUT2D eigenvalue weighted by molar-refractivity contribution is 0.322. The SMILES string of the molecule is COc1ccc(C=NO)c(C2CC2)c1. The molecule has 0 amide bonds. The van der Waals surface area contributed by atoms with Crippen LogP contribution in [0.4, 0.5) is 0 Å². The van der Waals surface area contributed by atoms with Crippen LogP contribution in [-0.4, -0.2) is 18.5 Å². The normalized spacial score (nSPS) is 16.1. The van der Waals surface area contributed by atoms with E-state index in [-0.39, 0.29) is 0 Å². The molecule has 1 fully saturated rings. The van der Waals surface area contributed by atoms with Crippen molar-refractivity contribution < 1.29 is 9.94 Å². The molecule has 1 saturated carbocycles. The molecule has 1 aliphatic rings. The summed E-state index contributed by atoms with van der Waals surface area (Å²) < 4.78 is 5.16. The third kappa shape index (κ3) is 1.71. The Morgan fingerprint density at radius 3 is 2.86 bits per heavy atom. The molecule has 3 heteroatoms. The number of benzene rings is 1. The summed E-state index contributed by atoms with van der Waals surface area (Å²) in [5, 5.41) is 11.6. The Labute approximate surface area is 83.0 Å². The maximum Gasteiger partial charge on any atom is 0.119 e. The first-order valence-electron chi connectivity index (χ1n) is 4.70. The van der Waals surface area contributed by atoms with Gasteiger partial charge in [-0.3, -0.25) is 0 Å². The third-order valence-corrected chi connectivity index (χ3v) is 2.51. The van der Waals surface area contributed by atoms with E-state index >= 15 is 0 Å². The first kappa shape index (κ1) is 9.06. The average molecular weight is 191 g/mol. The second-order valence-electron chi connectivity index (χ2n) is 3.51. The first-order chi connectivity index (χ1) is 6.85. The largest absolute Gasteiger partial charge is 0.497 e. The summed E-state index contributed by atoms with van der Waals surface area (Å²) in [4.78, 5) is 0. The molecule has 0 aromatic heterocycles. The number of rotatable bonds is 3. The number of hydrogen-bond acceptors (Lipinski definition) is 3. The summed E-state index contributed by atoms with van der Waals surface area (Å²) in [5.41, 5.74) is 2.21. The van der Waals surface area contributed by atoms with Gasteiger partial charge in [-0.25, -0.2) is 0 Å². The van der Waals surface area contributed by atoms with E-state index in [1.54, 1.807) is 7.11 Å². The van der Waals surface area contributed by atoms with Gasteiger partial charge < -0.3 is 9.94 Å². The van der Waals surface area contributed by atoms with Crippen molar-refractivity contribution in [1.29, 1.82) is 0 Å². The molecule has 1 N–H and O–H groups in total. The van der Waals surface area contributed by atoms with Gasteiger partial charge in [-0.15, -0.1) is 0 Å². The molecule has 0 radical (unpaired) electrons. The molecule has 0 atom stereocenters. The van der Waals surface area contributed by atoms with Crippen LogP contribution in [0.5, 0.6) is 5.75 Å². The van der Waals surface area contributed by atoms with E-state index in [0.29, 0.717) is 5.92 Å². The molecule has 0 aliphatic heterocycles. The molecule has 3 nitrogen and oxygen atoms in total. The van der Waals surface area contributed by atoms with Crippen molar-refractivity contribution in [2.24, 2.45) is 5.16 Å². The van der Waals surface area contributed by atoms with Crippen molar-refractivity contribution in [3.8, 4) is 5.75 Å². The zero-order valence-electron chi connectivity index (χ0n) is 8.10. The molecule has 1 aliphatic carbocycles. The van der Waals surface area contributed by atoms with Crippen molar-refractivity contribution in [2.75, 3.05) is 7.11 Å². The Bertz CT molecular complexity index is 356. The number of nitrogens with zero attached hydrogens (tertiary/aromatic N) is 1. The van der Waals surface area contributed by atoms with Crippen LogP contribution >= 0.6 is 0 Å². The van der Waals surface area contributed by atoms with Crippen LogP contribution in [0, 0.1) is 0 Å². The molecule has 0 bridgehead atoms. The lowest BCUT2D eigenvalue weighted by Gasteiger charge is -2.06. The molecular formula is C11H13NO2. The minimum atomic E-state index is 0.623. The fourth-order valence-corrected chi connectivity index (χ4v) is 1.61. The van der Waals surface area contributed by atoms with Crippen LogP contribution in [0.3, 0.4) is 0 Å². The van der Waals surface area contributed by atoms with E-state index in [2.05, 4.69) is 5.16 Å². The Kier molecular flexibility index (Phi) is 2.39. The van der Waals surface area contributed by atoms with Gasteiger partial charge in [0.1, 0.15) is 5.75 Å². The molecule has 1 aromatic carbocycles. The molecule has 0 spiro atoms. The third-order valence-electron chi connectivity index (χ3n) is 2.51. The highest BCUT2D eigenvalue weighted by atomic mass is 16.5. The van der Waals surface area contributed by atoms with Crippen LogP contribution in [0.15, 0.2) is 23.4 Å². The summed E-state index contributed by atoms with van der Waals surface area (Å²) in [6.45, 7) is 0. The molecule has 74 valence electrons. The van der Waals surface area contributed by atoms with Crippen molar-refractivity contribution in [1.82, 2.24) is 0 Å². The first-order valence-corrected chi connectivity index (χ1v) is 4.70. The second-order valence-corrected chi connectivity index (χ2v) is 3.51. The van der Waals surface area contributed by atoms with Gasteiger partial charge in [0, 0.05) is 0 Å². The van der Waals surface area contributed by atoms with Gasteiger partial charge in [0.2, 0.25) is 0 Å². The highest BCUT2D eigenvalue weighted by Crippen LogP contribution is 2.42. The van der Waals surface area contributed by atoms with E-state index in [1.165, 1.54) is 24.6 Å². The Morgan fingerprint density at radius 2 is 2.29 bits per heavy atom. The maximum atomic E-state index is 8.51. The van der Waals surface area contributed by atoms with E-state index in [9.17, 15) is 0 Å². The quantitative estimate of drug-likeness (QED) is 0.452. The molecule has 0 saturated heterocycles. The van der Waals surface area contributed by atoms with Gasteiger partial charge in [-0.05, 0) is 48.1 Å². The second kappa shape index (κ2) is 3.70. The van der Waals surface area contributed by atoms with Gasteiger partial charge in [0.15, 0.2) is 0 Å². The van der Waals surface area contributed by atoms with Gasteiger partial charge >= 0.3 is 0 Å². The predicted octanol–water partition coefficient (Wildman–Crippen LogP) is 2.38. The summed E-state index contributed by atoms with van der Waals surface area (Å²) >= 11 is 0. The Balaban J connectivity index is 2.38. The molecule has 14 heavy (non-hydrogen) atoms. The zero-order chi connectivity index (χ0) is 9.97. The highest BCUT2D eigenvalue weighted by molar-refractivity contribution is 5.82. The van der Waals surface area contributed by atoms with Crippen LogP contribution in [0.1, 0.15) is 29.9 Å². The fourth-order valence-electron chi connectivity index (χ4n) is 1.61.